The second kappa shape index (κ2) is 2.92. The zero-order valence-electron chi connectivity index (χ0n) is 6.74. The third-order valence-corrected chi connectivity index (χ3v) is 2.25. The molecule has 1 aromatic rings. The van der Waals surface area contributed by atoms with Crippen LogP contribution in [0.3, 0.4) is 0 Å². The minimum atomic E-state index is -0.824. The number of hydrogen-bond donors (Lipinski definition) is 0. The summed E-state index contributed by atoms with van der Waals surface area (Å²) in [6.45, 7) is 0. The maximum absolute atomic E-state index is 11.1. The summed E-state index contributed by atoms with van der Waals surface area (Å²) in [7, 11) is 0. The van der Waals surface area contributed by atoms with Crippen molar-refractivity contribution >= 4 is 29.8 Å². The molecule has 1 aromatic carbocycles. The number of cyclic esters (lactones) is 2. The Morgan fingerprint density at radius 2 is 1.93 bits per heavy atom. The summed E-state index contributed by atoms with van der Waals surface area (Å²) >= 11 is 5.67. The Bertz CT molecular complexity index is 464. The van der Waals surface area contributed by atoms with Crippen LogP contribution in [0.4, 0.5) is 0 Å². The molecule has 0 aromatic heterocycles. The first-order valence-electron chi connectivity index (χ1n) is 3.69. The topological polar surface area (TPSA) is 60.4 Å². The lowest BCUT2D eigenvalue weighted by Gasteiger charge is -1.98. The lowest BCUT2D eigenvalue weighted by atomic mass is 10.0. The van der Waals surface area contributed by atoms with Gasteiger partial charge in [0.2, 0.25) is 0 Å². The first-order valence-corrected chi connectivity index (χ1v) is 4.07. The molecule has 14 heavy (non-hydrogen) atoms. The van der Waals surface area contributed by atoms with E-state index < -0.39 is 11.9 Å². The summed E-state index contributed by atoms with van der Waals surface area (Å²) in [4.78, 5) is 32.8. The molecule has 1 aliphatic heterocycles. The summed E-state index contributed by atoms with van der Waals surface area (Å²) in [5, 5.41) is 0.130. The van der Waals surface area contributed by atoms with Gasteiger partial charge in [-0.3, -0.25) is 4.79 Å². The van der Waals surface area contributed by atoms with Crippen LogP contribution in [0.25, 0.3) is 0 Å². The monoisotopic (exact) mass is 210 g/mol. The molecule has 0 atom stereocenters. The maximum atomic E-state index is 11.1. The van der Waals surface area contributed by atoms with Crippen LogP contribution in [-0.4, -0.2) is 18.2 Å². The van der Waals surface area contributed by atoms with Crippen molar-refractivity contribution in [2.75, 3.05) is 0 Å². The fraction of sp³-hybridized carbons (Fsp3) is 0. The van der Waals surface area contributed by atoms with Crippen LogP contribution in [0, 0.1) is 0 Å². The molecule has 0 radical (unpaired) electrons. The first kappa shape index (κ1) is 8.90. The number of hydrogen-bond acceptors (Lipinski definition) is 4. The molecule has 1 aliphatic rings. The van der Waals surface area contributed by atoms with Crippen LogP contribution in [-0.2, 0) is 4.74 Å². The van der Waals surface area contributed by atoms with Crippen LogP contribution in [0.1, 0.15) is 31.1 Å². The van der Waals surface area contributed by atoms with Crippen molar-refractivity contribution in [3.05, 3.63) is 33.8 Å². The zero-order chi connectivity index (χ0) is 10.3. The molecule has 0 fully saturated rings. The van der Waals surface area contributed by atoms with E-state index in [2.05, 4.69) is 4.74 Å². The van der Waals surface area contributed by atoms with Gasteiger partial charge < -0.3 is 4.74 Å². The summed E-state index contributed by atoms with van der Waals surface area (Å²) in [6.07, 6.45) is 0.432. The van der Waals surface area contributed by atoms with Crippen molar-refractivity contribution < 1.29 is 19.1 Å². The molecule has 2 rings (SSSR count). The van der Waals surface area contributed by atoms with Crippen LogP contribution < -0.4 is 0 Å². The van der Waals surface area contributed by atoms with Gasteiger partial charge >= 0.3 is 11.9 Å². The van der Waals surface area contributed by atoms with E-state index in [4.69, 9.17) is 11.6 Å². The van der Waals surface area contributed by atoms with Crippen molar-refractivity contribution in [3.8, 4) is 0 Å². The Morgan fingerprint density at radius 1 is 1.21 bits per heavy atom. The third-order valence-electron chi connectivity index (χ3n) is 1.92. The zero-order valence-corrected chi connectivity index (χ0v) is 7.50. The normalized spacial score (nSPS) is 13.8. The highest BCUT2D eigenvalue weighted by Crippen LogP contribution is 2.27. The highest BCUT2D eigenvalue weighted by atomic mass is 35.5. The van der Waals surface area contributed by atoms with Gasteiger partial charge in [-0.05, 0) is 12.1 Å². The van der Waals surface area contributed by atoms with Crippen LogP contribution in [0.2, 0.25) is 5.02 Å². The van der Waals surface area contributed by atoms with Gasteiger partial charge in [-0.25, -0.2) is 9.59 Å². The smallest absolute Gasteiger partial charge is 0.347 e. The molecule has 0 aliphatic carbocycles. The Kier molecular flexibility index (Phi) is 1.86. The van der Waals surface area contributed by atoms with Gasteiger partial charge in [-0.2, -0.15) is 0 Å². The van der Waals surface area contributed by atoms with Gasteiger partial charge in [0, 0.05) is 5.56 Å². The van der Waals surface area contributed by atoms with E-state index in [1.807, 2.05) is 0 Å². The van der Waals surface area contributed by atoms with Crippen LogP contribution in [0.5, 0.6) is 0 Å². The summed E-state index contributed by atoms with van der Waals surface area (Å²) < 4.78 is 4.33. The van der Waals surface area contributed by atoms with E-state index in [9.17, 15) is 14.4 Å². The van der Waals surface area contributed by atoms with Gasteiger partial charge in [-0.15, -0.1) is 0 Å². The summed E-state index contributed by atoms with van der Waals surface area (Å²) in [6, 6.07) is 2.74. The fourth-order valence-corrected chi connectivity index (χ4v) is 1.49. The summed E-state index contributed by atoms with van der Waals surface area (Å²) in [5.41, 5.74) is 0.0408. The van der Waals surface area contributed by atoms with Crippen molar-refractivity contribution in [1.29, 1.82) is 0 Å². The van der Waals surface area contributed by atoms with E-state index in [-0.39, 0.29) is 21.7 Å². The second-order valence-electron chi connectivity index (χ2n) is 2.68. The third kappa shape index (κ3) is 1.04. The molecule has 0 N–H and O–H groups in total. The molecule has 0 spiro atoms. The minimum Gasteiger partial charge on any atom is -0.386 e. The Balaban J connectivity index is 2.81. The van der Waals surface area contributed by atoms with Crippen molar-refractivity contribution in [1.82, 2.24) is 0 Å². The number of halogens is 1. The van der Waals surface area contributed by atoms with E-state index >= 15 is 0 Å². The number of esters is 2. The number of carbonyl (C=O) groups is 3. The van der Waals surface area contributed by atoms with Gasteiger partial charge in [0.15, 0.2) is 6.29 Å². The van der Waals surface area contributed by atoms with Gasteiger partial charge in [0.1, 0.15) is 0 Å². The van der Waals surface area contributed by atoms with Gasteiger partial charge in [0.05, 0.1) is 16.1 Å². The number of ether oxygens (including phenoxy) is 1. The quantitative estimate of drug-likeness (QED) is 0.400. The number of benzene rings is 1. The summed E-state index contributed by atoms with van der Waals surface area (Å²) in [5.74, 6) is -1.57. The highest BCUT2D eigenvalue weighted by molar-refractivity contribution is 6.34. The Morgan fingerprint density at radius 3 is 2.57 bits per heavy atom. The molecule has 0 amide bonds. The van der Waals surface area contributed by atoms with E-state index in [1.165, 1.54) is 12.1 Å². The number of rotatable bonds is 1. The molecule has 0 unspecified atom stereocenters. The van der Waals surface area contributed by atoms with Gasteiger partial charge in [0.25, 0.3) is 0 Å². The molecule has 70 valence electrons. The molecule has 0 saturated heterocycles. The Labute approximate surface area is 83.4 Å². The molecule has 5 heteroatoms. The molecule has 0 saturated carbocycles. The van der Waals surface area contributed by atoms with E-state index in [0.717, 1.165) is 0 Å². The predicted molar refractivity (Wildman–Crippen MR) is 46.6 cm³/mol. The molecular weight excluding hydrogens is 208 g/mol. The van der Waals surface area contributed by atoms with Crippen LogP contribution >= 0.6 is 11.6 Å². The minimum absolute atomic E-state index is 0.0000154. The standard InChI is InChI=1S/C9H3ClO4/c10-6-2-1-4-7(5(6)3-11)9(13)14-8(4)12/h1-3H. The first-order chi connectivity index (χ1) is 6.65. The van der Waals surface area contributed by atoms with Crippen molar-refractivity contribution in [3.63, 3.8) is 0 Å². The number of carbonyl (C=O) groups excluding carboxylic acids is 3. The number of aldehydes is 1. The number of fused-ring (bicyclic) bond motifs is 1. The van der Waals surface area contributed by atoms with E-state index in [1.54, 1.807) is 0 Å². The highest BCUT2D eigenvalue weighted by Gasteiger charge is 2.33. The molecular formula is C9H3ClO4. The maximum Gasteiger partial charge on any atom is 0.347 e. The average molecular weight is 211 g/mol. The SMILES string of the molecule is O=Cc1c(Cl)ccc2c1C(=O)OC2=O. The molecule has 4 nitrogen and oxygen atoms in total. The fourth-order valence-electron chi connectivity index (χ4n) is 1.29. The predicted octanol–water partition coefficient (Wildman–Crippen LogP) is 1.46. The largest absolute Gasteiger partial charge is 0.386 e. The average Bonchev–Trinajstić information content (AvgIpc) is 2.43. The molecule has 0 bridgehead atoms. The van der Waals surface area contributed by atoms with Crippen molar-refractivity contribution in [2.45, 2.75) is 0 Å². The Hall–Kier alpha value is -1.68. The lowest BCUT2D eigenvalue weighted by Crippen LogP contribution is -2.00. The molecule has 1 heterocycles. The van der Waals surface area contributed by atoms with Crippen molar-refractivity contribution in [2.24, 2.45) is 0 Å². The lowest BCUT2D eigenvalue weighted by molar-refractivity contribution is 0.0443. The van der Waals surface area contributed by atoms with Crippen LogP contribution in [0.15, 0.2) is 12.1 Å². The second-order valence-corrected chi connectivity index (χ2v) is 3.09. The van der Waals surface area contributed by atoms with Gasteiger partial charge in [-0.1, -0.05) is 11.6 Å². The van der Waals surface area contributed by atoms with E-state index in [0.29, 0.717) is 6.29 Å².